The number of anilines is 1. The summed E-state index contributed by atoms with van der Waals surface area (Å²) < 4.78 is 0.799. The van der Waals surface area contributed by atoms with Gasteiger partial charge in [-0.3, -0.25) is 9.79 Å². The quantitative estimate of drug-likeness (QED) is 0.735. The second kappa shape index (κ2) is 4.41. The molecule has 0 saturated carbocycles. The van der Waals surface area contributed by atoms with Gasteiger partial charge in [-0.05, 0) is 28.1 Å². The van der Waals surface area contributed by atoms with Crippen LogP contribution in [0.2, 0.25) is 0 Å². The van der Waals surface area contributed by atoms with Gasteiger partial charge in [0.05, 0.1) is 28.4 Å². The van der Waals surface area contributed by atoms with Crippen molar-refractivity contribution in [3.63, 3.8) is 0 Å². The van der Waals surface area contributed by atoms with Crippen molar-refractivity contribution in [1.82, 2.24) is 15.3 Å². The van der Waals surface area contributed by atoms with Crippen molar-refractivity contribution in [3.05, 3.63) is 33.2 Å². The number of nitrogens with zero attached hydrogens (tertiary/aromatic N) is 2. The van der Waals surface area contributed by atoms with Crippen LogP contribution in [0.3, 0.4) is 0 Å². The predicted molar refractivity (Wildman–Crippen MR) is 74.0 cm³/mol. The van der Waals surface area contributed by atoms with Crippen LogP contribution in [-0.4, -0.2) is 29.0 Å². The summed E-state index contributed by atoms with van der Waals surface area (Å²) >= 11 is 3.48. The van der Waals surface area contributed by atoms with Gasteiger partial charge in [0.1, 0.15) is 5.52 Å². The first-order valence-electron chi connectivity index (χ1n) is 5.47. The highest BCUT2D eigenvalue weighted by Crippen LogP contribution is 2.28. The van der Waals surface area contributed by atoms with Crippen LogP contribution in [-0.2, 0) is 0 Å². The van der Waals surface area contributed by atoms with E-state index in [4.69, 9.17) is 0 Å². The van der Waals surface area contributed by atoms with Crippen molar-refractivity contribution in [3.8, 4) is 0 Å². The molecule has 1 aliphatic heterocycles. The zero-order chi connectivity index (χ0) is 12.5. The van der Waals surface area contributed by atoms with Crippen LogP contribution < -0.4 is 16.2 Å². The molecule has 0 atom stereocenters. The van der Waals surface area contributed by atoms with E-state index in [9.17, 15) is 4.79 Å². The summed E-state index contributed by atoms with van der Waals surface area (Å²) in [6.45, 7) is 1.62. The first-order valence-corrected chi connectivity index (χ1v) is 6.26. The lowest BCUT2D eigenvalue weighted by Crippen LogP contribution is -2.26. The molecule has 0 saturated heterocycles. The van der Waals surface area contributed by atoms with Crippen LogP contribution in [0.25, 0.3) is 11.0 Å². The smallest absolute Gasteiger partial charge is 0.266 e. The van der Waals surface area contributed by atoms with Crippen LogP contribution in [0.15, 0.2) is 32.6 Å². The molecule has 0 bridgehead atoms. The summed E-state index contributed by atoms with van der Waals surface area (Å²) in [6, 6.07) is 3.68. The highest BCUT2D eigenvalue weighted by Gasteiger charge is 2.10. The second-order valence-electron chi connectivity index (χ2n) is 3.85. The third-order valence-electron chi connectivity index (χ3n) is 2.61. The third kappa shape index (κ3) is 1.97. The lowest BCUT2D eigenvalue weighted by molar-refractivity contribution is 0.959. The number of hydrogen-bond donors (Lipinski definition) is 3. The van der Waals surface area contributed by atoms with Gasteiger partial charge >= 0.3 is 0 Å². The minimum absolute atomic E-state index is 0.211. The van der Waals surface area contributed by atoms with Crippen molar-refractivity contribution < 1.29 is 0 Å². The van der Waals surface area contributed by atoms with Crippen LogP contribution >= 0.6 is 15.9 Å². The Morgan fingerprint density at radius 1 is 1.39 bits per heavy atom. The van der Waals surface area contributed by atoms with Gasteiger partial charge in [0.2, 0.25) is 0 Å². The number of aromatic amines is 1. The van der Waals surface area contributed by atoms with Crippen molar-refractivity contribution in [2.24, 2.45) is 4.99 Å². The molecular weight excluding hydrogens is 298 g/mol. The Hall–Kier alpha value is -1.89. The topological polar surface area (TPSA) is 82.2 Å². The Bertz CT molecular complexity index is 693. The average molecular weight is 308 g/mol. The molecule has 3 rings (SSSR count). The fourth-order valence-electron chi connectivity index (χ4n) is 1.79. The molecule has 2 aromatic rings. The summed E-state index contributed by atoms with van der Waals surface area (Å²) in [5.41, 5.74) is 2.05. The highest BCUT2D eigenvalue weighted by atomic mass is 79.9. The van der Waals surface area contributed by atoms with Gasteiger partial charge in [-0.25, -0.2) is 4.98 Å². The van der Waals surface area contributed by atoms with E-state index >= 15 is 0 Å². The van der Waals surface area contributed by atoms with Crippen molar-refractivity contribution in [1.29, 1.82) is 0 Å². The molecule has 0 aliphatic carbocycles. The molecule has 2 heterocycles. The molecule has 0 fully saturated rings. The van der Waals surface area contributed by atoms with E-state index in [-0.39, 0.29) is 5.56 Å². The zero-order valence-corrected chi connectivity index (χ0v) is 10.9. The number of H-pyrrole nitrogens is 1. The largest absolute Gasteiger partial charge is 0.354 e. The number of guanidine groups is 1. The Morgan fingerprint density at radius 2 is 2.28 bits per heavy atom. The van der Waals surface area contributed by atoms with Gasteiger partial charge in [0.15, 0.2) is 5.96 Å². The standard InChI is InChI=1S/C11H10BrN5O/c12-9-6(17-11-13-3-4-14-11)1-2-7-10(9)15-5-8(18)16-7/h1-2,5H,3-4H2,(H,16,18)(H2,13,14,17). The third-order valence-corrected chi connectivity index (χ3v) is 3.41. The number of halogens is 1. The normalized spacial score (nSPS) is 14.4. The van der Waals surface area contributed by atoms with Crippen LogP contribution in [0.5, 0.6) is 0 Å². The molecule has 1 aromatic heterocycles. The number of benzene rings is 1. The first kappa shape index (κ1) is 11.2. The van der Waals surface area contributed by atoms with Crippen molar-refractivity contribution >= 4 is 38.6 Å². The van der Waals surface area contributed by atoms with Gasteiger partial charge in [-0.15, -0.1) is 0 Å². The Kier molecular flexibility index (Phi) is 2.75. The minimum Gasteiger partial charge on any atom is -0.354 e. The van der Waals surface area contributed by atoms with Crippen molar-refractivity contribution in [2.75, 3.05) is 18.4 Å². The molecule has 0 unspecified atom stereocenters. The summed E-state index contributed by atoms with van der Waals surface area (Å²) in [6.07, 6.45) is 1.27. The molecule has 6 nitrogen and oxygen atoms in total. The van der Waals surface area contributed by atoms with Crippen molar-refractivity contribution in [2.45, 2.75) is 0 Å². The monoisotopic (exact) mass is 307 g/mol. The summed E-state index contributed by atoms with van der Waals surface area (Å²) in [7, 11) is 0. The number of aromatic nitrogens is 2. The van der Waals surface area contributed by atoms with E-state index < -0.39 is 0 Å². The summed E-state index contributed by atoms with van der Waals surface area (Å²) in [5.74, 6) is 0.750. The SMILES string of the molecule is O=c1cnc2c(Br)c(NC3=NCCN3)ccc2[nH]1. The average Bonchev–Trinajstić information content (AvgIpc) is 2.85. The molecule has 0 radical (unpaired) electrons. The fourth-order valence-corrected chi connectivity index (χ4v) is 2.33. The van der Waals surface area contributed by atoms with E-state index in [0.717, 1.165) is 29.2 Å². The summed E-state index contributed by atoms with van der Waals surface area (Å²) in [5, 5.41) is 6.31. The van der Waals surface area contributed by atoms with Crippen LogP contribution in [0.1, 0.15) is 0 Å². The van der Waals surface area contributed by atoms with E-state index in [1.165, 1.54) is 6.20 Å². The summed E-state index contributed by atoms with van der Waals surface area (Å²) in [4.78, 5) is 22.3. The maximum atomic E-state index is 11.2. The molecule has 92 valence electrons. The maximum absolute atomic E-state index is 11.2. The molecular formula is C11H10BrN5O. The lowest BCUT2D eigenvalue weighted by Gasteiger charge is -2.10. The molecule has 1 aliphatic rings. The van der Waals surface area contributed by atoms with Crippen LogP contribution in [0.4, 0.5) is 5.69 Å². The lowest BCUT2D eigenvalue weighted by atomic mass is 10.2. The van der Waals surface area contributed by atoms with Crippen LogP contribution in [0, 0.1) is 0 Å². The van der Waals surface area contributed by atoms with E-state index in [1.807, 2.05) is 12.1 Å². The van der Waals surface area contributed by atoms with Gasteiger partial charge < -0.3 is 15.6 Å². The van der Waals surface area contributed by atoms with E-state index in [1.54, 1.807) is 0 Å². The van der Waals surface area contributed by atoms with Gasteiger partial charge in [-0.1, -0.05) is 0 Å². The van der Waals surface area contributed by atoms with E-state index in [0.29, 0.717) is 11.0 Å². The second-order valence-corrected chi connectivity index (χ2v) is 4.65. The molecule has 0 amide bonds. The molecule has 0 spiro atoms. The number of hydrogen-bond acceptors (Lipinski definition) is 5. The van der Waals surface area contributed by atoms with Gasteiger partial charge in [0, 0.05) is 6.54 Å². The Labute approximate surface area is 111 Å². The molecule has 1 aromatic carbocycles. The first-order chi connectivity index (χ1) is 8.74. The minimum atomic E-state index is -0.211. The number of fused-ring (bicyclic) bond motifs is 1. The Balaban J connectivity index is 2.05. The Morgan fingerprint density at radius 3 is 3.06 bits per heavy atom. The number of nitrogens with one attached hydrogen (secondary N) is 3. The number of aliphatic imine (C=N–C) groups is 1. The molecule has 3 N–H and O–H groups in total. The highest BCUT2D eigenvalue weighted by molar-refractivity contribution is 9.10. The molecule has 7 heteroatoms. The maximum Gasteiger partial charge on any atom is 0.266 e. The zero-order valence-electron chi connectivity index (χ0n) is 9.33. The fraction of sp³-hybridized carbons (Fsp3) is 0.182. The van der Waals surface area contributed by atoms with E-state index in [2.05, 4.69) is 41.5 Å². The predicted octanol–water partition coefficient (Wildman–Crippen LogP) is 1.06. The van der Waals surface area contributed by atoms with Gasteiger partial charge in [-0.2, -0.15) is 0 Å². The van der Waals surface area contributed by atoms with Gasteiger partial charge in [0.25, 0.3) is 5.56 Å². The molecule has 18 heavy (non-hydrogen) atoms. The number of rotatable bonds is 1.